The fourth-order valence-electron chi connectivity index (χ4n) is 6.45. The summed E-state index contributed by atoms with van der Waals surface area (Å²) in [4.78, 5) is 14.4. The SMILES string of the molecule is c1ccc(N(c2ccccc2)c2ccccc2-c2cc(-c3ccnc(-c4ccccc4N(c4ccccc4)c4ccccc4)c3)ccn2)cc1. The molecular weight excluding hydrogens is 609 g/mol. The summed E-state index contributed by atoms with van der Waals surface area (Å²) in [6.07, 6.45) is 3.80. The Balaban J connectivity index is 1.20. The average molecular weight is 643 g/mol. The Hall–Kier alpha value is -6.78. The number of para-hydroxylation sites is 6. The first kappa shape index (κ1) is 30.5. The van der Waals surface area contributed by atoms with Gasteiger partial charge in [0.1, 0.15) is 0 Å². The van der Waals surface area contributed by atoms with Crippen molar-refractivity contribution in [3.8, 4) is 33.6 Å². The van der Waals surface area contributed by atoms with Crippen molar-refractivity contribution in [2.45, 2.75) is 0 Å². The second-order valence-corrected chi connectivity index (χ2v) is 11.9. The minimum absolute atomic E-state index is 0.896. The maximum atomic E-state index is 4.90. The molecule has 8 rings (SSSR count). The summed E-state index contributed by atoms with van der Waals surface area (Å²) < 4.78 is 0. The standard InChI is InChI=1S/C46H34N4/c1-5-17-37(18-6-1)49(38-19-7-2-8-20-38)45-27-15-13-25-41(45)43-33-35(29-31-47-43)36-30-32-48-44(34-36)42-26-14-16-28-46(42)50(39-21-9-3-10-22-39)40-23-11-4-12-24-40/h1-34H. The van der Waals surface area contributed by atoms with Crippen LogP contribution in [0.2, 0.25) is 0 Å². The zero-order chi connectivity index (χ0) is 33.5. The van der Waals surface area contributed by atoms with E-state index in [0.29, 0.717) is 0 Å². The molecule has 0 fully saturated rings. The predicted octanol–water partition coefficient (Wildman–Crippen LogP) is 12.4. The van der Waals surface area contributed by atoms with Crippen molar-refractivity contribution in [1.82, 2.24) is 9.97 Å². The van der Waals surface area contributed by atoms with Crippen molar-refractivity contribution in [2.75, 3.05) is 9.80 Å². The van der Waals surface area contributed by atoms with Gasteiger partial charge in [-0.05, 0) is 96.1 Å². The highest BCUT2D eigenvalue weighted by atomic mass is 15.2. The van der Waals surface area contributed by atoms with Crippen molar-refractivity contribution < 1.29 is 0 Å². The van der Waals surface area contributed by atoms with E-state index in [1.807, 2.05) is 36.7 Å². The van der Waals surface area contributed by atoms with Gasteiger partial charge in [0.2, 0.25) is 0 Å². The number of benzene rings is 6. The van der Waals surface area contributed by atoms with Crippen LogP contribution in [0.1, 0.15) is 0 Å². The zero-order valence-electron chi connectivity index (χ0n) is 27.4. The van der Waals surface area contributed by atoms with E-state index < -0.39 is 0 Å². The maximum Gasteiger partial charge on any atom is 0.0729 e. The van der Waals surface area contributed by atoms with Crippen LogP contribution in [0.15, 0.2) is 207 Å². The first-order valence-corrected chi connectivity index (χ1v) is 16.8. The minimum Gasteiger partial charge on any atom is -0.310 e. The Labute approximate surface area is 293 Å². The molecule has 0 saturated heterocycles. The molecule has 50 heavy (non-hydrogen) atoms. The number of pyridine rings is 2. The topological polar surface area (TPSA) is 32.3 Å². The lowest BCUT2D eigenvalue weighted by molar-refractivity contribution is 1.26. The summed E-state index contributed by atoms with van der Waals surface area (Å²) in [5.74, 6) is 0. The Morgan fingerprint density at radius 2 is 0.600 bits per heavy atom. The van der Waals surface area contributed by atoms with E-state index in [1.165, 1.54) is 0 Å². The fraction of sp³-hybridized carbons (Fsp3) is 0. The number of nitrogens with zero attached hydrogens (tertiary/aromatic N) is 4. The third kappa shape index (κ3) is 6.26. The average Bonchev–Trinajstić information content (AvgIpc) is 3.20. The number of aromatic nitrogens is 2. The highest BCUT2D eigenvalue weighted by Crippen LogP contribution is 2.42. The van der Waals surface area contributed by atoms with Crippen molar-refractivity contribution in [1.29, 1.82) is 0 Å². The van der Waals surface area contributed by atoms with Crippen molar-refractivity contribution in [2.24, 2.45) is 0 Å². The van der Waals surface area contributed by atoms with E-state index in [-0.39, 0.29) is 0 Å². The van der Waals surface area contributed by atoms with E-state index in [9.17, 15) is 0 Å². The normalized spacial score (nSPS) is 10.8. The molecule has 0 aliphatic rings. The lowest BCUT2D eigenvalue weighted by Crippen LogP contribution is -2.11. The third-order valence-electron chi connectivity index (χ3n) is 8.75. The molecule has 6 aromatic carbocycles. The van der Waals surface area contributed by atoms with Crippen molar-refractivity contribution >= 4 is 34.1 Å². The van der Waals surface area contributed by atoms with Crippen LogP contribution in [0, 0.1) is 0 Å². The first-order valence-electron chi connectivity index (χ1n) is 16.8. The molecule has 238 valence electrons. The van der Waals surface area contributed by atoms with Crippen molar-refractivity contribution in [3.63, 3.8) is 0 Å². The summed E-state index contributed by atoms with van der Waals surface area (Å²) in [5.41, 5.74) is 12.5. The van der Waals surface area contributed by atoms with Crippen LogP contribution in [0.5, 0.6) is 0 Å². The molecule has 0 atom stereocenters. The Bertz CT molecular complexity index is 2080. The Kier molecular flexibility index (Phi) is 8.64. The van der Waals surface area contributed by atoms with Gasteiger partial charge in [-0.25, -0.2) is 0 Å². The molecule has 4 heteroatoms. The molecule has 4 nitrogen and oxygen atoms in total. The van der Waals surface area contributed by atoms with Gasteiger partial charge in [0.05, 0.1) is 22.8 Å². The van der Waals surface area contributed by atoms with Gasteiger partial charge >= 0.3 is 0 Å². The van der Waals surface area contributed by atoms with E-state index in [4.69, 9.17) is 9.97 Å². The van der Waals surface area contributed by atoms with Crippen molar-refractivity contribution in [3.05, 3.63) is 207 Å². The number of hydrogen-bond donors (Lipinski definition) is 0. The second kappa shape index (κ2) is 14.1. The largest absolute Gasteiger partial charge is 0.310 e. The van der Waals surface area contributed by atoms with Gasteiger partial charge in [0, 0.05) is 46.3 Å². The molecule has 0 radical (unpaired) electrons. The fourth-order valence-corrected chi connectivity index (χ4v) is 6.45. The lowest BCUT2D eigenvalue weighted by atomic mass is 9.99. The molecule has 0 unspecified atom stereocenters. The summed E-state index contributed by atoms with van der Waals surface area (Å²) in [6, 6.07) is 67.4. The summed E-state index contributed by atoms with van der Waals surface area (Å²) >= 11 is 0. The smallest absolute Gasteiger partial charge is 0.0729 e. The highest BCUT2D eigenvalue weighted by Gasteiger charge is 2.19. The van der Waals surface area contributed by atoms with Gasteiger partial charge in [-0.15, -0.1) is 0 Å². The predicted molar refractivity (Wildman–Crippen MR) is 208 cm³/mol. The molecule has 2 aromatic heterocycles. The lowest BCUT2D eigenvalue weighted by Gasteiger charge is -2.27. The van der Waals surface area contributed by atoms with Crippen LogP contribution in [-0.4, -0.2) is 9.97 Å². The second-order valence-electron chi connectivity index (χ2n) is 11.9. The van der Waals surface area contributed by atoms with E-state index in [2.05, 4.69) is 180 Å². The molecule has 0 amide bonds. The monoisotopic (exact) mass is 642 g/mol. The van der Waals surface area contributed by atoms with Gasteiger partial charge in [-0.3, -0.25) is 9.97 Å². The molecule has 8 aromatic rings. The van der Waals surface area contributed by atoms with E-state index >= 15 is 0 Å². The van der Waals surface area contributed by atoms with Gasteiger partial charge in [0.15, 0.2) is 0 Å². The minimum atomic E-state index is 0.896. The number of rotatable bonds is 9. The first-order chi connectivity index (χ1) is 24.8. The van der Waals surface area contributed by atoms with Crippen LogP contribution in [-0.2, 0) is 0 Å². The van der Waals surface area contributed by atoms with Crippen LogP contribution in [0.25, 0.3) is 33.6 Å². The Morgan fingerprint density at radius 3 is 0.940 bits per heavy atom. The van der Waals surface area contributed by atoms with Gasteiger partial charge in [-0.2, -0.15) is 0 Å². The summed E-state index contributed by atoms with van der Waals surface area (Å²) in [7, 11) is 0. The molecule has 0 bridgehead atoms. The van der Waals surface area contributed by atoms with Crippen LogP contribution in [0.4, 0.5) is 34.1 Å². The molecular formula is C46H34N4. The number of anilines is 6. The Morgan fingerprint density at radius 1 is 0.300 bits per heavy atom. The molecule has 0 spiro atoms. The molecule has 0 N–H and O–H groups in total. The molecule has 0 aliphatic heterocycles. The van der Waals surface area contributed by atoms with Crippen LogP contribution >= 0.6 is 0 Å². The zero-order valence-corrected chi connectivity index (χ0v) is 27.4. The maximum absolute atomic E-state index is 4.90. The van der Waals surface area contributed by atoms with Crippen LogP contribution in [0.3, 0.4) is 0 Å². The molecule has 0 aliphatic carbocycles. The third-order valence-corrected chi connectivity index (χ3v) is 8.75. The molecule has 2 heterocycles. The summed E-state index contributed by atoms with van der Waals surface area (Å²) in [5, 5.41) is 0. The van der Waals surface area contributed by atoms with Gasteiger partial charge in [-0.1, -0.05) is 109 Å². The van der Waals surface area contributed by atoms with E-state index in [1.54, 1.807) is 0 Å². The molecule has 0 saturated carbocycles. The number of hydrogen-bond acceptors (Lipinski definition) is 4. The van der Waals surface area contributed by atoms with Gasteiger partial charge < -0.3 is 9.80 Å². The quantitative estimate of drug-likeness (QED) is 0.157. The highest BCUT2D eigenvalue weighted by molar-refractivity contribution is 5.90. The van der Waals surface area contributed by atoms with E-state index in [0.717, 1.165) is 67.8 Å². The summed E-state index contributed by atoms with van der Waals surface area (Å²) in [6.45, 7) is 0. The van der Waals surface area contributed by atoms with Gasteiger partial charge in [0.25, 0.3) is 0 Å². The van der Waals surface area contributed by atoms with Crippen LogP contribution < -0.4 is 9.80 Å².